The van der Waals surface area contributed by atoms with Crippen molar-refractivity contribution in [3.63, 3.8) is 0 Å². The molecule has 0 bridgehead atoms. The van der Waals surface area contributed by atoms with Crippen molar-refractivity contribution in [3.8, 4) is 0 Å². The van der Waals surface area contributed by atoms with Gasteiger partial charge in [0.05, 0.1) is 6.42 Å². The topological polar surface area (TPSA) is 49.4 Å². The van der Waals surface area contributed by atoms with Gasteiger partial charge >= 0.3 is 0 Å². The summed E-state index contributed by atoms with van der Waals surface area (Å²) in [6, 6.07) is 15.5. The monoisotopic (exact) mass is 366 g/mol. The zero-order chi connectivity index (χ0) is 19.8. The summed E-state index contributed by atoms with van der Waals surface area (Å²) in [5, 5.41) is 2.87. The Morgan fingerprint density at radius 1 is 0.963 bits per heavy atom. The lowest BCUT2D eigenvalue weighted by Crippen LogP contribution is -2.49. The fourth-order valence-electron chi connectivity index (χ4n) is 3.44. The van der Waals surface area contributed by atoms with Crippen LogP contribution in [0.2, 0.25) is 0 Å². The van der Waals surface area contributed by atoms with Gasteiger partial charge in [0, 0.05) is 13.1 Å². The first-order chi connectivity index (χ1) is 12.9. The van der Waals surface area contributed by atoms with Crippen LogP contribution in [0.1, 0.15) is 42.5 Å². The molecule has 1 atom stereocenters. The van der Waals surface area contributed by atoms with Crippen LogP contribution in [0.3, 0.4) is 0 Å². The van der Waals surface area contributed by atoms with E-state index >= 15 is 0 Å². The number of amides is 2. The van der Waals surface area contributed by atoms with Crippen LogP contribution in [-0.2, 0) is 22.6 Å². The normalized spacial score (nSPS) is 11.7. The molecule has 1 N–H and O–H groups in total. The third-order valence-corrected chi connectivity index (χ3v) is 4.57. The number of nitrogens with zero attached hydrogens (tertiary/aromatic N) is 1. The van der Waals surface area contributed by atoms with Crippen LogP contribution in [0.5, 0.6) is 0 Å². The number of hydrogen-bond acceptors (Lipinski definition) is 2. The summed E-state index contributed by atoms with van der Waals surface area (Å²) in [6.45, 7) is 8.89. The van der Waals surface area contributed by atoms with Crippen molar-refractivity contribution in [2.24, 2.45) is 0 Å². The molecule has 0 unspecified atom stereocenters. The number of nitrogens with one attached hydrogen (secondary N) is 1. The zero-order valence-corrected chi connectivity index (χ0v) is 16.8. The molecular weight excluding hydrogens is 336 g/mol. The standard InChI is InChI=1S/C23H30N2O2/c1-5-21(23(27)24-6-2)25(16-19-10-8-7-9-11-19)22(26)15-20-13-17(3)12-18(4)14-20/h7-14,21H,5-6,15-16H2,1-4H3,(H,24,27)/t21-/m0/s1. The van der Waals surface area contributed by atoms with Crippen LogP contribution < -0.4 is 5.32 Å². The number of likely N-dealkylation sites (N-methyl/N-ethyl adjacent to an activating group) is 1. The number of aryl methyl sites for hydroxylation is 2. The number of carbonyl (C=O) groups is 2. The van der Waals surface area contributed by atoms with Crippen molar-refractivity contribution in [2.45, 2.75) is 53.1 Å². The molecule has 0 saturated heterocycles. The lowest BCUT2D eigenvalue weighted by atomic mass is 10.0. The van der Waals surface area contributed by atoms with Crippen molar-refractivity contribution in [1.29, 1.82) is 0 Å². The van der Waals surface area contributed by atoms with E-state index < -0.39 is 6.04 Å². The van der Waals surface area contributed by atoms with Gasteiger partial charge in [-0.05, 0) is 38.3 Å². The van der Waals surface area contributed by atoms with Gasteiger partial charge in [0.1, 0.15) is 6.04 Å². The first-order valence-corrected chi connectivity index (χ1v) is 9.62. The molecule has 2 aromatic rings. The van der Waals surface area contributed by atoms with Gasteiger partial charge in [-0.2, -0.15) is 0 Å². The Hall–Kier alpha value is -2.62. The quantitative estimate of drug-likeness (QED) is 0.773. The Balaban J connectivity index is 2.28. The molecule has 0 aromatic heterocycles. The maximum absolute atomic E-state index is 13.2. The zero-order valence-electron chi connectivity index (χ0n) is 16.8. The summed E-state index contributed by atoms with van der Waals surface area (Å²) in [7, 11) is 0. The fourth-order valence-corrected chi connectivity index (χ4v) is 3.44. The van der Waals surface area contributed by atoms with Gasteiger partial charge in [0.2, 0.25) is 11.8 Å². The summed E-state index contributed by atoms with van der Waals surface area (Å²) in [6.07, 6.45) is 0.877. The number of rotatable bonds is 8. The van der Waals surface area contributed by atoms with Crippen LogP contribution in [0.15, 0.2) is 48.5 Å². The molecule has 0 heterocycles. The van der Waals surface area contributed by atoms with Gasteiger partial charge in [-0.15, -0.1) is 0 Å². The van der Waals surface area contributed by atoms with E-state index in [9.17, 15) is 9.59 Å². The van der Waals surface area contributed by atoms with E-state index in [0.717, 1.165) is 22.3 Å². The summed E-state index contributed by atoms with van der Waals surface area (Å²) >= 11 is 0. The van der Waals surface area contributed by atoms with Crippen molar-refractivity contribution in [2.75, 3.05) is 6.54 Å². The largest absolute Gasteiger partial charge is 0.355 e. The summed E-state index contributed by atoms with van der Waals surface area (Å²) < 4.78 is 0. The first-order valence-electron chi connectivity index (χ1n) is 9.62. The Bertz CT molecular complexity index is 751. The van der Waals surface area contributed by atoms with E-state index in [-0.39, 0.29) is 11.8 Å². The summed E-state index contributed by atoms with van der Waals surface area (Å²) in [4.78, 5) is 27.5. The minimum absolute atomic E-state index is 0.0260. The van der Waals surface area contributed by atoms with E-state index in [2.05, 4.69) is 11.4 Å². The molecule has 0 radical (unpaired) electrons. The average Bonchev–Trinajstić information content (AvgIpc) is 2.61. The third kappa shape index (κ3) is 5.95. The van der Waals surface area contributed by atoms with E-state index in [1.807, 2.05) is 70.2 Å². The SMILES string of the molecule is CCNC(=O)[C@H](CC)N(Cc1ccccc1)C(=O)Cc1cc(C)cc(C)c1. The van der Waals surface area contributed by atoms with Crippen LogP contribution >= 0.6 is 0 Å². The van der Waals surface area contributed by atoms with Gasteiger partial charge in [-0.1, -0.05) is 66.6 Å². The number of hydrogen-bond donors (Lipinski definition) is 1. The minimum atomic E-state index is -0.469. The van der Waals surface area contributed by atoms with Gasteiger partial charge in [0.25, 0.3) is 0 Å². The van der Waals surface area contributed by atoms with E-state index in [4.69, 9.17) is 0 Å². The van der Waals surface area contributed by atoms with E-state index in [0.29, 0.717) is 25.9 Å². The Morgan fingerprint density at radius 2 is 1.59 bits per heavy atom. The molecule has 0 aliphatic rings. The van der Waals surface area contributed by atoms with E-state index in [1.165, 1.54) is 0 Å². The Morgan fingerprint density at radius 3 is 2.15 bits per heavy atom. The molecule has 4 nitrogen and oxygen atoms in total. The smallest absolute Gasteiger partial charge is 0.242 e. The molecule has 2 rings (SSSR count). The minimum Gasteiger partial charge on any atom is -0.355 e. The van der Waals surface area contributed by atoms with Crippen LogP contribution in [0, 0.1) is 13.8 Å². The molecule has 0 fully saturated rings. The molecule has 0 aliphatic carbocycles. The average molecular weight is 367 g/mol. The van der Waals surface area contributed by atoms with Gasteiger partial charge in [-0.25, -0.2) is 0 Å². The summed E-state index contributed by atoms with van der Waals surface area (Å²) in [5.41, 5.74) is 4.29. The molecule has 0 aliphatic heterocycles. The Labute approximate surface area is 162 Å². The number of carbonyl (C=O) groups excluding carboxylic acids is 2. The maximum atomic E-state index is 13.2. The highest BCUT2D eigenvalue weighted by Gasteiger charge is 2.28. The molecule has 2 aromatic carbocycles. The predicted molar refractivity (Wildman–Crippen MR) is 109 cm³/mol. The molecule has 144 valence electrons. The highest BCUT2D eigenvalue weighted by Crippen LogP contribution is 2.16. The molecule has 27 heavy (non-hydrogen) atoms. The molecule has 0 spiro atoms. The third-order valence-electron chi connectivity index (χ3n) is 4.57. The second-order valence-electron chi connectivity index (χ2n) is 7.00. The number of benzene rings is 2. The molecule has 2 amide bonds. The molecular formula is C23H30N2O2. The fraction of sp³-hybridized carbons (Fsp3) is 0.391. The van der Waals surface area contributed by atoms with Crippen LogP contribution in [-0.4, -0.2) is 29.3 Å². The Kier molecular flexibility index (Phi) is 7.59. The predicted octanol–water partition coefficient (Wildman–Crippen LogP) is 3.79. The van der Waals surface area contributed by atoms with Crippen molar-refractivity contribution in [3.05, 3.63) is 70.8 Å². The van der Waals surface area contributed by atoms with Crippen molar-refractivity contribution < 1.29 is 9.59 Å². The summed E-state index contributed by atoms with van der Waals surface area (Å²) in [5.74, 6) is -0.119. The van der Waals surface area contributed by atoms with Crippen LogP contribution in [0.25, 0.3) is 0 Å². The van der Waals surface area contributed by atoms with Crippen molar-refractivity contribution >= 4 is 11.8 Å². The maximum Gasteiger partial charge on any atom is 0.242 e. The van der Waals surface area contributed by atoms with Crippen LogP contribution in [0.4, 0.5) is 0 Å². The van der Waals surface area contributed by atoms with Gasteiger partial charge < -0.3 is 10.2 Å². The lowest BCUT2D eigenvalue weighted by molar-refractivity contribution is -0.140. The first kappa shape index (κ1) is 20.7. The second-order valence-corrected chi connectivity index (χ2v) is 7.00. The van der Waals surface area contributed by atoms with Gasteiger partial charge in [-0.3, -0.25) is 9.59 Å². The van der Waals surface area contributed by atoms with E-state index in [1.54, 1.807) is 4.90 Å². The molecule has 4 heteroatoms. The highest BCUT2D eigenvalue weighted by molar-refractivity contribution is 5.88. The highest BCUT2D eigenvalue weighted by atomic mass is 16.2. The lowest BCUT2D eigenvalue weighted by Gasteiger charge is -2.30. The van der Waals surface area contributed by atoms with Gasteiger partial charge in [0.15, 0.2) is 0 Å². The molecule has 0 saturated carbocycles. The second kappa shape index (κ2) is 9.91. The van der Waals surface area contributed by atoms with Crippen molar-refractivity contribution in [1.82, 2.24) is 10.2 Å².